The zero-order chi connectivity index (χ0) is 26.3. The molecule has 3 atom stereocenters. The van der Waals surface area contributed by atoms with Crippen LogP contribution in [0, 0.1) is 11.3 Å². The van der Waals surface area contributed by atoms with Crippen molar-refractivity contribution < 1.29 is 24.2 Å². The highest BCUT2D eigenvalue weighted by molar-refractivity contribution is 6.30. The summed E-state index contributed by atoms with van der Waals surface area (Å²) in [6.45, 7) is 5.78. The van der Waals surface area contributed by atoms with Crippen LogP contribution in [0.5, 0.6) is 0 Å². The van der Waals surface area contributed by atoms with Gasteiger partial charge in [0.05, 0.1) is 24.7 Å². The number of likely N-dealkylation sites (tertiary alicyclic amines) is 1. The summed E-state index contributed by atoms with van der Waals surface area (Å²) >= 11 is 6.07. The average molecular weight is 527 g/mol. The van der Waals surface area contributed by atoms with Gasteiger partial charge in [0, 0.05) is 48.0 Å². The summed E-state index contributed by atoms with van der Waals surface area (Å²) in [6.07, 6.45) is 2.00. The Hall–Kier alpha value is -2.45. The third kappa shape index (κ3) is 5.02. The number of hydrogen-bond donors (Lipinski definition) is 2. The van der Waals surface area contributed by atoms with Crippen molar-refractivity contribution in [1.29, 1.82) is 0 Å². The maximum atomic E-state index is 14.1. The average Bonchev–Trinajstić information content (AvgIpc) is 3.35. The van der Waals surface area contributed by atoms with Gasteiger partial charge in [-0.05, 0) is 42.7 Å². The number of rotatable bonds is 4. The van der Waals surface area contributed by atoms with Crippen molar-refractivity contribution >= 4 is 23.4 Å². The fourth-order valence-corrected chi connectivity index (χ4v) is 6.32. The van der Waals surface area contributed by atoms with E-state index < -0.39 is 22.7 Å². The highest BCUT2D eigenvalue weighted by Gasteiger charge is 2.53. The van der Waals surface area contributed by atoms with Gasteiger partial charge in [-0.25, -0.2) is 0 Å². The first kappa shape index (κ1) is 26.2. The second kappa shape index (κ2) is 10.0. The molecule has 8 heteroatoms. The Balaban J connectivity index is 1.36. The molecular formula is C29H35ClN2O5. The molecule has 1 aliphatic carbocycles. The molecule has 7 nitrogen and oxygen atoms in total. The summed E-state index contributed by atoms with van der Waals surface area (Å²) in [5.74, 6) is -1.49. The molecule has 3 unspecified atom stereocenters. The highest BCUT2D eigenvalue weighted by Crippen LogP contribution is 2.47. The number of ether oxygens (including phenoxy) is 2. The van der Waals surface area contributed by atoms with E-state index in [1.54, 1.807) is 24.3 Å². The molecule has 2 aromatic carbocycles. The van der Waals surface area contributed by atoms with E-state index >= 15 is 0 Å². The molecule has 2 amide bonds. The van der Waals surface area contributed by atoms with Crippen LogP contribution in [0.4, 0.5) is 0 Å². The summed E-state index contributed by atoms with van der Waals surface area (Å²) < 4.78 is 11.9. The van der Waals surface area contributed by atoms with E-state index in [1.807, 2.05) is 49.1 Å². The minimum Gasteiger partial charge on any atom is -0.384 e. The van der Waals surface area contributed by atoms with Crippen LogP contribution in [0.1, 0.15) is 55.5 Å². The number of benzene rings is 2. The monoisotopic (exact) mass is 526 g/mol. The van der Waals surface area contributed by atoms with Gasteiger partial charge in [-0.2, -0.15) is 0 Å². The van der Waals surface area contributed by atoms with Crippen LogP contribution in [-0.2, 0) is 19.9 Å². The fourth-order valence-electron chi connectivity index (χ4n) is 6.19. The molecule has 0 bridgehead atoms. The number of carbonyl (C=O) groups excluding carboxylic acids is 2. The van der Waals surface area contributed by atoms with Crippen LogP contribution in [0.25, 0.3) is 0 Å². The zero-order valence-corrected chi connectivity index (χ0v) is 22.2. The third-order valence-corrected chi connectivity index (χ3v) is 8.67. The maximum absolute atomic E-state index is 14.1. The molecule has 1 saturated carbocycles. The predicted octanol–water partition coefficient (Wildman–Crippen LogP) is 4.13. The molecule has 2 saturated heterocycles. The van der Waals surface area contributed by atoms with E-state index in [0.717, 1.165) is 5.56 Å². The van der Waals surface area contributed by atoms with E-state index in [1.165, 1.54) is 0 Å². The van der Waals surface area contributed by atoms with E-state index in [9.17, 15) is 14.7 Å². The number of nitrogens with zero attached hydrogens (tertiary/aromatic N) is 1. The second-order valence-electron chi connectivity index (χ2n) is 11.2. The molecule has 3 aliphatic rings. The first-order valence-corrected chi connectivity index (χ1v) is 13.4. The molecule has 3 fully saturated rings. The van der Waals surface area contributed by atoms with Gasteiger partial charge in [-0.1, -0.05) is 55.8 Å². The van der Waals surface area contributed by atoms with Crippen molar-refractivity contribution in [1.82, 2.24) is 10.2 Å². The van der Waals surface area contributed by atoms with Crippen molar-refractivity contribution in [2.75, 3.05) is 26.3 Å². The van der Waals surface area contributed by atoms with Crippen molar-refractivity contribution in [2.24, 2.45) is 11.3 Å². The summed E-state index contributed by atoms with van der Waals surface area (Å²) in [5.41, 5.74) is -0.341. The van der Waals surface area contributed by atoms with E-state index in [2.05, 4.69) is 5.32 Å². The predicted molar refractivity (Wildman–Crippen MR) is 140 cm³/mol. The number of hydrogen-bond acceptors (Lipinski definition) is 5. The highest BCUT2D eigenvalue weighted by atomic mass is 35.5. The molecule has 37 heavy (non-hydrogen) atoms. The third-order valence-electron chi connectivity index (χ3n) is 8.42. The van der Waals surface area contributed by atoms with Crippen LogP contribution in [0.3, 0.4) is 0 Å². The van der Waals surface area contributed by atoms with Crippen molar-refractivity contribution in [3.63, 3.8) is 0 Å². The van der Waals surface area contributed by atoms with Gasteiger partial charge in [-0.15, -0.1) is 0 Å². The lowest BCUT2D eigenvalue weighted by atomic mass is 9.66. The molecule has 2 aliphatic heterocycles. The lowest BCUT2D eigenvalue weighted by molar-refractivity contribution is -0.197. The largest absolute Gasteiger partial charge is 0.384 e. The first-order valence-electron chi connectivity index (χ1n) is 13.0. The van der Waals surface area contributed by atoms with Gasteiger partial charge in [0.1, 0.15) is 0 Å². The van der Waals surface area contributed by atoms with Gasteiger partial charge in [-0.3, -0.25) is 9.59 Å². The summed E-state index contributed by atoms with van der Waals surface area (Å²) in [7, 11) is 0. The van der Waals surface area contributed by atoms with Crippen molar-refractivity contribution in [3.05, 3.63) is 70.7 Å². The van der Waals surface area contributed by atoms with Crippen molar-refractivity contribution in [3.8, 4) is 0 Å². The van der Waals surface area contributed by atoms with Crippen LogP contribution in [0.15, 0.2) is 54.6 Å². The number of amides is 2. The minimum atomic E-state index is -1.10. The summed E-state index contributed by atoms with van der Waals surface area (Å²) in [4.78, 5) is 28.9. The standard InChI is InChI=1S/C29H35ClN2O5/c1-27(2)19-32(15-14-29(27,35)21-8-10-22(30)11-9-21)26(34)23-18-28(36-16-17-37-28)13-12-24(23)31-25(33)20-6-4-3-5-7-20/h3-11,23-24,35H,12-19H2,1-2H3,(H,31,33). The molecular weight excluding hydrogens is 492 g/mol. The van der Waals surface area contributed by atoms with Crippen LogP contribution < -0.4 is 5.32 Å². The Bertz CT molecular complexity index is 1130. The molecule has 198 valence electrons. The maximum Gasteiger partial charge on any atom is 0.251 e. The number of carbonyl (C=O) groups is 2. The second-order valence-corrected chi connectivity index (χ2v) is 11.6. The van der Waals surface area contributed by atoms with E-state index in [4.69, 9.17) is 21.1 Å². The lowest BCUT2D eigenvalue weighted by Gasteiger charge is -2.52. The van der Waals surface area contributed by atoms with Gasteiger partial charge < -0.3 is 24.8 Å². The number of halogens is 1. The molecule has 0 radical (unpaired) electrons. The topological polar surface area (TPSA) is 88.1 Å². The molecule has 0 aromatic heterocycles. The van der Waals surface area contributed by atoms with Crippen LogP contribution >= 0.6 is 11.6 Å². The summed E-state index contributed by atoms with van der Waals surface area (Å²) in [6, 6.07) is 16.0. The number of nitrogens with one attached hydrogen (secondary N) is 1. The lowest BCUT2D eigenvalue weighted by Crippen LogP contribution is -2.60. The van der Waals surface area contributed by atoms with Gasteiger partial charge >= 0.3 is 0 Å². The Morgan fingerprint density at radius 1 is 1.03 bits per heavy atom. The minimum absolute atomic E-state index is 0.0391. The van der Waals surface area contributed by atoms with E-state index in [0.29, 0.717) is 62.6 Å². The molecule has 2 aromatic rings. The zero-order valence-electron chi connectivity index (χ0n) is 21.4. The Kier molecular flexibility index (Phi) is 7.09. The smallest absolute Gasteiger partial charge is 0.251 e. The Morgan fingerprint density at radius 3 is 2.35 bits per heavy atom. The Morgan fingerprint density at radius 2 is 1.70 bits per heavy atom. The SMILES string of the molecule is CC1(C)CN(C(=O)C2CC3(CCC2NC(=O)c2ccccc2)OCCO3)CCC1(O)c1ccc(Cl)cc1. The molecule has 2 N–H and O–H groups in total. The van der Waals surface area contributed by atoms with Crippen LogP contribution in [0.2, 0.25) is 5.02 Å². The number of piperidine rings is 1. The normalized spacial score (nSPS) is 28.7. The first-order chi connectivity index (χ1) is 17.6. The van der Waals surface area contributed by atoms with Gasteiger partial charge in [0.25, 0.3) is 5.91 Å². The molecule has 5 rings (SSSR count). The molecule has 2 heterocycles. The fraction of sp³-hybridized carbons (Fsp3) is 0.517. The van der Waals surface area contributed by atoms with Crippen LogP contribution in [-0.4, -0.2) is 60.0 Å². The number of aliphatic hydroxyl groups is 1. The summed E-state index contributed by atoms with van der Waals surface area (Å²) in [5, 5.41) is 15.5. The molecule has 1 spiro atoms. The Labute approximate surface area is 223 Å². The van der Waals surface area contributed by atoms with Crippen molar-refractivity contribution in [2.45, 2.75) is 57.0 Å². The quantitative estimate of drug-likeness (QED) is 0.625. The van der Waals surface area contributed by atoms with E-state index in [-0.39, 0.29) is 17.9 Å². The van der Waals surface area contributed by atoms with Gasteiger partial charge in [0.15, 0.2) is 5.79 Å². The van der Waals surface area contributed by atoms with Gasteiger partial charge in [0.2, 0.25) is 5.91 Å².